The van der Waals surface area contributed by atoms with Crippen molar-refractivity contribution < 1.29 is 9.90 Å². The number of para-hydroxylation sites is 1. The fourth-order valence-electron chi connectivity index (χ4n) is 3.12. The first-order valence-corrected chi connectivity index (χ1v) is 8.69. The van der Waals surface area contributed by atoms with E-state index < -0.39 is 5.97 Å². The topological polar surface area (TPSA) is 66.0 Å². The van der Waals surface area contributed by atoms with E-state index in [1.807, 2.05) is 36.6 Å². The quantitative estimate of drug-likeness (QED) is 0.610. The zero-order valence-electron chi connectivity index (χ0n) is 14.9. The molecule has 27 heavy (non-hydrogen) atoms. The van der Waals surface area contributed by atoms with Gasteiger partial charge in [0.05, 0.1) is 22.9 Å². The van der Waals surface area contributed by atoms with Crippen molar-refractivity contribution in [3.05, 3.63) is 87.7 Å². The highest BCUT2D eigenvalue weighted by Crippen LogP contribution is 2.27. The first-order valence-electron chi connectivity index (χ1n) is 8.31. The molecule has 2 aromatic carbocycles. The molecular weight excluding hydrogens is 360 g/mol. The third-order valence-corrected chi connectivity index (χ3v) is 4.67. The summed E-state index contributed by atoms with van der Waals surface area (Å²) in [6.07, 6.45) is 1.81. The van der Waals surface area contributed by atoms with Crippen LogP contribution in [-0.4, -0.2) is 15.6 Å². The van der Waals surface area contributed by atoms with E-state index in [1.165, 1.54) is 0 Å². The molecule has 0 unspecified atom stereocenters. The highest BCUT2D eigenvalue weighted by atomic mass is 35.5. The minimum atomic E-state index is -0.978. The summed E-state index contributed by atoms with van der Waals surface area (Å²) in [5.74, 6) is -0.978. The van der Waals surface area contributed by atoms with Crippen molar-refractivity contribution in [2.45, 2.75) is 13.8 Å². The van der Waals surface area contributed by atoms with Gasteiger partial charge < -0.3 is 9.67 Å². The van der Waals surface area contributed by atoms with Gasteiger partial charge >= 0.3 is 5.97 Å². The number of carbonyl (C=O) groups is 1. The Kier molecular flexibility index (Phi) is 5.16. The second-order valence-electron chi connectivity index (χ2n) is 6.16. The fourth-order valence-corrected chi connectivity index (χ4v) is 3.25. The molecule has 134 valence electrons. The molecule has 0 fully saturated rings. The fraction of sp³-hybridized carbons (Fsp3) is 0.0909. The number of hydrogen-bond acceptors (Lipinski definition) is 2. The van der Waals surface area contributed by atoms with Gasteiger partial charge in [-0.25, -0.2) is 4.79 Å². The van der Waals surface area contributed by atoms with Crippen LogP contribution in [0.2, 0.25) is 5.02 Å². The Morgan fingerprint density at radius 3 is 2.44 bits per heavy atom. The Labute approximate surface area is 162 Å². The van der Waals surface area contributed by atoms with Gasteiger partial charge in [0, 0.05) is 16.4 Å². The number of aromatic nitrogens is 1. The molecule has 1 N–H and O–H groups in total. The number of nitriles is 1. The van der Waals surface area contributed by atoms with Crippen LogP contribution in [0.1, 0.15) is 32.9 Å². The van der Waals surface area contributed by atoms with E-state index in [-0.39, 0.29) is 5.56 Å². The van der Waals surface area contributed by atoms with Crippen LogP contribution in [0.15, 0.2) is 54.6 Å². The van der Waals surface area contributed by atoms with Gasteiger partial charge in [-0.1, -0.05) is 35.9 Å². The van der Waals surface area contributed by atoms with Gasteiger partial charge in [0.15, 0.2) is 0 Å². The van der Waals surface area contributed by atoms with E-state index in [1.54, 1.807) is 42.5 Å². The predicted octanol–water partition coefficient (Wildman–Crippen LogP) is 5.51. The lowest BCUT2D eigenvalue weighted by atomic mass is 10.0. The molecule has 3 aromatic rings. The van der Waals surface area contributed by atoms with Crippen LogP contribution in [0, 0.1) is 25.2 Å². The highest BCUT2D eigenvalue weighted by Gasteiger charge is 2.16. The lowest BCUT2D eigenvalue weighted by molar-refractivity contribution is 0.0697. The number of nitrogens with zero attached hydrogens (tertiary/aromatic N) is 2. The summed E-state index contributed by atoms with van der Waals surface area (Å²) < 4.78 is 1.89. The van der Waals surface area contributed by atoms with Gasteiger partial charge in [0.25, 0.3) is 0 Å². The van der Waals surface area contributed by atoms with Crippen molar-refractivity contribution in [3.63, 3.8) is 0 Å². The molecule has 0 aliphatic heterocycles. The Bertz CT molecular complexity index is 1090. The zero-order chi connectivity index (χ0) is 19.6. The number of aryl methyl sites for hydroxylation is 1. The molecule has 0 spiro atoms. The van der Waals surface area contributed by atoms with Gasteiger partial charge in [0.2, 0.25) is 0 Å². The van der Waals surface area contributed by atoms with Crippen LogP contribution < -0.4 is 0 Å². The first kappa shape index (κ1) is 18.5. The van der Waals surface area contributed by atoms with Crippen molar-refractivity contribution in [1.29, 1.82) is 5.26 Å². The normalized spacial score (nSPS) is 11.3. The number of hydrogen-bond donors (Lipinski definition) is 1. The first-order chi connectivity index (χ1) is 12.9. The Hall–Kier alpha value is -3.29. The molecule has 0 atom stereocenters. The largest absolute Gasteiger partial charge is 0.478 e. The Balaban J connectivity index is 2.13. The molecule has 0 saturated heterocycles. The van der Waals surface area contributed by atoms with Gasteiger partial charge in [-0.05, 0) is 61.4 Å². The van der Waals surface area contributed by atoms with Crippen molar-refractivity contribution in [2.24, 2.45) is 0 Å². The van der Waals surface area contributed by atoms with Crippen LogP contribution in [0.5, 0.6) is 0 Å². The monoisotopic (exact) mass is 376 g/mol. The minimum Gasteiger partial charge on any atom is -0.478 e. The maximum atomic E-state index is 11.6. The van der Waals surface area contributed by atoms with Crippen molar-refractivity contribution >= 4 is 29.2 Å². The number of benzene rings is 2. The van der Waals surface area contributed by atoms with Crippen molar-refractivity contribution in [1.82, 2.24) is 4.57 Å². The SMILES string of the molecule is Cc1cc(/C=C(/C#N)c2ccc(Cl)cc2)c(C)n1-c1ccccc1C(=O)O. The van der Waals surface area contributed by atoms with E-state index in [0.717, 1.165) is 22.5 Å². The summed E-state index contributed by atoms with van der Waals surface area (Å²) in [6.45, 7) is 3.83. The van der Waals surface area contributed by atoms with E-state index in [0.29, 0.717) is 16.3 Å². The lowest BCUT2D eigenvalue weighted by Crippen LogP contribution is -2.07. The minimum absolute atomic E-state index is 0.230. The van der Waals surface area contributed by atoms with Crippen LogP contribution in [0.3, 0.4) is 0 Å². The summed E-state index contributed by atoms with van der Waals surface area (Å²) in [7, 11) is 0. The average molecular weight is 377 g/mol. The van der Waals surface area contributed by atoms with Gasteiger partial charge in [-0.2, -0.15) is 5.26 Å². The molecule has 5 heteroatoms. The maximum absolute atomic E-state index is 11.6. The number of rotatable bonds is 4. The van der Waals surface area contributed by atoms with Crippen molar-refractivity contribution in [2.75, 3.05) is 0 Å². The van der Waals surface area contributed by atoms with Gasteiger partial charge in [0.1, 0.15) is 0 Å². The third-order valence-electron chi connectivity index (χ3n) is 4.42. The number of aromatic carboxylic acids is 1. The van der Waals surface area contributed by atoms with E-state index in [2.05, 4.69) is 6.07 Å². The molecule has 4 nitrogen and oxygen atoms in total. The maximum Gasteiger partial charge on any atom is 0.337 e. The molecule has 0 bridgehead atoms. The summed E-state index contributed by atoms with van der Waals surface area (Å²) in [6, 6.07) is 18.1. The molecule has 0 amide bonds. The van der Waals surface area contributed by atoms with E-state index in [9.17, 15) is 15.2 Å². The summed E-state index contributed by atoms with van der Waals surface area (Å²) in [5, 5.41) is 19.7. The number of halogens is 1. The zero-order valence-corrected chi connectivity index (χ0v) is 15.7. The Morgan fingerprint density at radius 1 is 1.15 bits per heavy atom. The molecular formula is C22H17ClN2O2. The van der Waals surface area contributed by atoms with E-state index in [4.69, 9.17) is 11.6 Å². The number of allylic oxidation sites excluding steroid dienone is 1. The van der Waals surface area contributed by atoms with Crippen LogP contribution in [0.25, 0.3) is 17.3 Å². The summed E-state index contributed by atoms with van der Waals surface area (Å²) in [4.78, 5) is 11.6. The molecule has 1 heterocycles. The average Bonchev–Trinajstić information content (AvgIpc) is 2.93. The van der Waals surface area contributed by atoms with Crippen molar-refractivity contribution in [3.8, 4) is 11.8 Å². The third kappa shape index (κ3) is 3.64. The van der Waals surface area contributed by atoms with Crippen LogP contribution in [0.4, 0.5) is 0 Å². The molecule has 0 aliphatic carbocycles. The number of carboxylic acids is 1. The molecule has 0 radical (unpaired) electrons. The van der Waals surface area contributed by atoms with Crippen LogP contribution >= 0.6 is 11.6 Å². The second-order valence-corrected chi connectivity index (χ2v) is 6.60. The smallest absolute Gasteiger partial charge is 0.337 e. The molecule has 3 rings (SSSR count). The Morgan fingerprint density at radius 2 is 1.81 bits per heavy atom. The highest BCUT2D eigenvalue weighted by molar-refractivity contribution is 6.30. The molecule has 0 saturated carbocycles. The predicted molar refractivity (Wildman–Crippen MR) is 107 cm³/mol. The van der Waals surface area contributed by atoms with Crippen LogP contribution in [-0.2, 0) is 0 Å². The molecule has 1 aromatic heterocycles. The summed E-state index contributed by atoms with van der Waals surface area (Å²) in [5.41, 5.74) is 4.73. The summed E-state index contributed by atoms with van der Waals surface area (Å²) >= 11 is 5.92. The second kappa shape index (κ2) is 7.53. The van der Waals surface area contributed by atoms with E-state index >= 15 is 0 Å². The molecule has 0 aliphatic rings. The standard InChI is InChI=1S/C22H17ClN2O2/c1-14-11-17(12-18(13-24)16-7-9-19(23)10-8-16)15(2)25(14)21-6-4-3-5-20(21)22(26)27/h3-12H,1-2H3,(H,26,27)/b18-12-. The number of carboxylic acid groups (broad SMARTS) is 1. The van der Waals surface area contributed by atoms with Gasteiger partial charge in [-0.3, -0.25) is 0 Å². The lowest BCUT2D eigenvalue weighted by Gasteiger charge is -2.12. The van der Waals surface area contributed by atoms with Gasteiger partial charge in [-0.15, -0.1) is 0 Å².